The van der Waals surface area contributed by atoms with Gasteiger partial charge in [0.25, 0.3) is 15.7 Å². The lowest BCUT2D eigenvalue weighted by Gasteiger charge is -2.13. The first-order valence-electron chi connectivity index (χ1n) is 9.65. The highest BCUT2D eigenvalue weighted by Crippen LogP contribution is 2.25. The maximum atomic E-state index is 12.9. The van der Waals surface area contributed by atoms with E-state index in [9.17, 15) is 18.5 Å². The largest absolute Gasteiger partial charge is 0.497 e. The molecule has 11 heteroatoms. The number of sulfonamides is 1. The van der Waals surface area contributed by atoms with E-state index in [0.29, 0.717) is 16.8 Å². The topological polar surface area (TPSA) is 136 Å². The monoisotopic (exact) mass is 467 g/mol. The maximum absolute atomic E-state index is 12.9. The number of rotatable bonds is 10. The third-order valence-corrected chi connectivity index (χ3v) is 5.68. The molecule has 0 amide bonds. The average Bonchev–Trinajstić information content (AvgIpc) is 2.81. The van der Waals surface area contributed by atoms with Crippen LogP contribution in [0, 0.1) is 10.1 Å². The summed E-state index contributed by atoms with van der Waals surface area (Å²) in [4.78, 5) is 19.0. The van der Waals surface area contributed by atoms with Crippen LogP contribution in [0.25, 0.3) is 11.0 Å². The van der Waals surface area contributed by atoms with Crippen molar-refractivity contribution in [1.82, 2.24) is 9.97 Å². The van der Waals surface area contributed by atoms with Gasteiger partial charge in [-0.1, -0.05) is 36.9 Å². The van der Waals surface area contributed by atoms with Crippen molar-refractivity contribution >= 4 is 38.4 Å². The molecule has 10 nitrogen and oxygen atoms in total. The van der Waals surface area contributed by atoms with Gasteiger partial charge in [-0.15, -0.1) is 0 Å². The summed E-state index contributed by atoms with van der Waals surface area (Å²) in [5.41, 5.74) is 0.688. The van der Waals surface area contributed by atoms with E-state index in [4.69, 9.17) is 4.74 Å². The number of nitro benzene ring substituents is 1. The van der Waals surface area contributed by atoms with Crippen molar-refractivity contribution in [2.24, 2.45) is 0 Å². The third-order valence-electron chi connectivity index (χ3n) is 4.35. The Morgan fingerprint density at radius 2 is 1.85 bits per heavy atom. The number of ether oxygens (including phenoxy) is 1. The van der Waals surface area contributed by atoms with Crippen molar-refractivity contribution in [2.75, 3.05) is 23.7 Å². The predicted octanol–water partition coefficient (Wildman–Crippen LogP) is 4.02. The van der Waals surface area contributed by atoms with Gasteiger partial charge in [0.1, 0.15) is 5.76 Å². The number of allylic oxidation sites excluding steroid dienone is 3. The van der Waals surface area contributed by atoms with E-state index in [1.807, 2.05) is 0 Å². The van der Waals surface area contributed by atoms with Crippen molar-refractivity contribution in [3.8, 4) is 0 Å². The van der Waals surface area contributed by atoms with E-state index in [1.54, 1.807) is 48.6 Å². The van der Waals surface area contributed by atoms with Gasteiger partial charge in [0.2, 0.25) is 0 Å². The Labute approximate surface area is 190 Å². The van der Waals surface area contributed by atoms with Crippen LogP contribution in [0.3, 0.4) is 0 Å². The number of para-hydroxylation sites is 2. The van der Waals surface area contributed by atoms with Gasteiger partial charge in [-0.3, -0.25) is 14.8 Å². The number of nitro groups is 1. The van der Waals surface area contributed by atoms with Crippen molar-refractivity contribution < 1.29 is 18.1 Å². The van der Waals surface area contributed by atoms with Crippen LogP contribution in [0.4, 0.5) is 17.3 Å². The van der Waals surface area contributed by atoms with E-state index in [1.165, 1.54) is 25.3 Å². The molecule has 0 aliphatic rings. The lowest BCUT2D eigenvalue weighted by Crippen LogP contribution is -2.17. The van der Waals surface area contributed by atoms with Crippen LogP contribution in [-0.2, 0) is 14.8 Å². The molecule has 2 aromatic carbocycles. The Morgan fingerprint density at radius 1 is 1.15 bits per heavy atom. The molecule has 0 unspecified atom stereocenters. The minimum atomic E-state index is -4.18. The number of benzene rings is 2. The molecule has 1 heterocycles. The Balaban J connectivity index is 1.96. The second-order valence-corrected chi connectivity index (χ2v) is 8.24. The fourth-order valence-corrected chi connectivity index (χ4v) is 3.82. The van der Waals surface area contributed by atoms with Crippen LogP contribution >= 0.6 is 0 Å². The molecule has 33 heavy (non-hydrogen) atoms. The zero-order chi connectivity index (χ0) is 23.8. The van der Waals surface area contributed by atoms with Gasteiger partial charge < -0.3 is 10.1 Å². The molecule has 0 radical (unpaired) electrons. The maximum Gasteiger partial charge on any atom is 0.270 e. The van der Waals surface area contributed by atoms with Gasteiger partial charge in [0.05, 0.1) is 28.0 Å². The SMILES string of the molecule is C=C/C=C\C(=C/CNc1nc2ccccc2nc1NS(=O)(=O)c1cccc([N+](=O)[O-])c1)OC. The number of anilines is 2. The van der Waals surface area contributed by atoms with Crippen LogP contribution in [0.2, 0.25) is 0 Å². The normalized spacial score (nSPS) is 12.0. The van der Waals surface area contributed by atoms with Crippen molar-refractivity contribution in [1.29, 1.82) is 0 Å². The summed E-state index contributed by atoms with van der Waals surface area (Å²) in [6.45, 7) is 3.86. The first kappa shape index (κ1) is 23.4. The molecule has 1 aromatic heterocycles. The molecule has 3 rings (SSSR count). The quantitative estimate of drug-likeness (QED) is 0.197. The summed E-state index contributed by atoms with van der Waals surface area (Å²) < 4.78 is 33.5. The highest BCUT2D eigenvalue weighted by Gasteiger charge is 2.21. The Bertz CT molecular complexity index is 1350. The summed E-state index contributed by atoms with van der Waals surface area (Å²) in [6, 6.07) is 11.7. The van der Waals surface area contributed by atoms with Gasteiger partial charge >= 0.3 is 0 Å². The molecule has 2 N–H and O–H groups in total. The molecule has 0 fully saturated rings. The van der Waals surface area contributed by atoms with Gasteiger partial charge in [0.15, 0.2) is 11.6 Å². The lowest BCUT2D eigenvalue weighted by atomic mass is 10.3. The molecule has 0 bridgehead atoms. The second kappa shape index (κ2) is 10.4. The molecule has 0 spiro atoms. The van der Waals surface area contributed by atoms with Crippen molar-refractivity contribution in [2.45, 2.75) is 4.90 Å². The molecular weight excluding hydrogens is 446 g/mol. The van der Waals surface area contributed by atoms with Crippen LogP contribution in [0.5, 0.6) is 0 Å². The van der Waals surface area contributed by atoms with E-state index in [2.05, 4.69) is 26.6 Å². The fourth-order valence-electron chi connectivity index (χ4n) is 2.78. The van der Waals surface area contributed by atoms with E-state index < -0.39 is 14.9 Å². The van der Waals surface area contributed by atoms with Crippen LogP contribution in [-0.4, -0.2) is 37.0 Å². The van der Waals surface area contributed by atoms with Crippen molar-refractivity contribution in [3.63, 3.8) is 0 Å². The molecule has 0 saturated heterocycles. The van der Waals surface area contributed by atoms with Gasteiger partial charge in [-0.25, -0.2) is 18.4 Å². The Morgan fingerprint density at radius 3 is 2.48 bits per heavy atom. The summed E-state index contributed by atoms with van der Waals surface area (Å²) in [7, 11) is -2.66. The first-order valence-corrected chi connectivity index (χ1v) is 11.1. The van der Waals surface area contributed by atoms with Crippen molar-refractivity contribution in [3.05, 3.63) is 95.3 Å². The van der Waals surface area contributed by atoms with Gasteiger partial charge in [0, 0.05) is 18.7 Å². The summed E-state index contributed by atoms with van der Waals surface area (Å²) in [6.07, 6.45) is 6.77. The molecular formula is C22H21N5O5S. The predicted molar refractivity (Wildman–Crippen MR) is 126 cm³/mol. The number of nitrogens with one attached hydrogen (secondary N) is 2. The third kappa shape index (κ3) is 5.92. The van der Waals surface area contributed by atoms with E-state index >= 15 is 0 Å². The van der Waals surface area contributed by atoms with Gasteiger partial charge in [-0.05, 0) is 30.4 Å². The highest BCUT2D eigenvalue weighted by molar-refractivity contribution is 7.92. The van der Waals surface area contributed by atoms with E-state index in [0.717, 1.165) is 6.07 Å². The van der Waals surface area contributed by atoms with E-state index in [-0.39, 0.29) is 28.8 Å². The minimum absolute atomic E-state index is 0.0470. The zero-order valence-corrected chi connectivity index (χ0v) is 18.5. The van der Waals surface area contributed by atoms with Crippen LogP contribution in [0.1, 0.15) is 0 Å². The zero-order valence-electron chi connectivity index (χ0n) is 17.6. The number of hydrogen-bond donors (Lipinski definition) is 2. The molecule has 0 aliphatic heterocycles. The highest BCUT2D eigenvalue weighted by atomic mass is 32.2. The molecule has 0 atom stereocenters. The Kier molecular flexibility index (Phi) is 7.36. The smallest absolute Gasteiger partial charge is 0.270 e. The second-order valence-electron chi connectivity index (χ2n) is 6.56. The number of methoxy groups -OCH3 is 1. The van der Waals surface area contributed by atoms with Gasteiger partial charge in [-0.2, -0.15) is 0 Å². The molecule has 0 saturated carbocycles. The number of nitrogens with zero attached hydrogens (tertiary/aromatic N) is 3. The summed E-state index contributed by atoms with van der Waals surface area (Å²) >= 11 is 0. The minimum Gasteiger partial charge on any atom is -0.497 e. The number of hydrogen-bond acceptors (Lipinski definition) is 8. The number of non-ortho nitro benzene ring substituents is 1. The molecule has 3 aromatic rings. The average molecular weight is 468 g/mol. The summed E-state index contributed by atoms with van der Waals surface area (Å²) in [5, 5.41) is 14.1. The van der Waals surface area contributed by atoms with Crippen LogP contribution < -0.4 is 10.0 Å². The number of fused-ring (bicyclic) bond motifs is 1. The summed E-state index contributed by atoms with van der Waals surface area (Å²) in [5.74, 6) is 0.700. The first-order chi connectivity index (χ1) is 15.8. The van der Waals surface area contributed by atoms with Crippen LogP contribution in [0.15, 0.2) is 90.1 Å². The molecule has 170 valence electrons. The fraction of sp³-hybridized carbons (Fsp3) is 0.0909. The standard InChI is InChI=1S/C22H21N5O5S/c1-3-4-9-17(32-2)13-14-23-21-22(25-20-12-6-5-11-19(20)24-21)26-33(30,31)18-10-7-8-16(15-18)27(28)29/h3-13,15H,1,14H2,2H3,(H,23,24)(H,25,26)/b9-4-,17-13+. The lowest BCUT2D eigenvalue weighted by molar-refractivity contribution is -0.385. The molecule has 0 aliphatic carbocycles. The number of aromatic nitrogens is 2. The Hall–Kier alpha value is -4.25.